The molecule has 0 aromatic heterocycles. The second-order valence-electron chi connectivity index (χ2n) is 4.22. The molecule has 0 amide bonds. The number of hydrogen-bond donors (Lipinski definition) is 0. The van der Waals surface area contributed by atoms with E-state index in [2.05, 4.69) is 13.5 Å². The van der Waals surface area contributed by atoms with E-state index in [4.69, 9.17) is 9.47 Å². The van der Waals surface area contributed by atoms with Crippen molar-refractivity contribution >= 4 is 0 Å². The van der Waals surface area contributed by atoms with Gasteiger partial charge in [-0.25, -0.2) is 0 Å². The lowest BCUT2D eigenvalue weighted by Crippen LogP contribution is -2.35. The Bertz CT molecular complexity index is 202. The molecule has 2 aliphatic heterocycles. The van der Waals surface area contributed by atoms with E-state index in [0.29, 0.717) is 12.2 Å². The minimum atomic E-state index is 0.289. The molecule has 0 aliphatic carbocycles. The van der Waals surface area contributed by atoms with Crippen LogP contribution in [0.2, 0.25) is 0 Å². The SMILES string of the molecule is C=COCC1(CC)CC2CCC1O2. The van der Waals surface area contributed by atoms with E-state index in [0.717, 1.165) is 13.0 Å². The van der Waals surface area contributed by atoms with Crippen LogP contribution in [-0.2, 0) is 9.47 Å². The Morgan fingerprint density at radius 2 is 2.46 bits per heavy atom. The third-order valence-electron chi connectivity index (χ3n) is 3.62. The van der Waals surface area contributed by atoms with Crippen LogP contribution in [-0.4, -0.2) is 18.8 Å². The summed E-state index contributed by atoms with van der Waals surface area (Å²) < 4.78 is 11.2. The van der Waals surface area contributed by atoms with Gasteiger partial charge >= 0.3 is 0 Å². The average Bonchev–Trinajstić information content (AvgIpc) is 2.74. The summed E-state index contributed by atoms with van der Waals surface area (Å²) in [5, 5.41) is 0. The van der Waals surface area contributed by atoms with Crippen LogP contribution >= 0.6 is 0 Å². The maximum atomic E-state index is 5.86. The Labute approximate surface area is 79.9 Å². The van der Waals surface area contributed by atoms with E-state index in [9.17, 15) is 0 Å². The van der Waals surface area contributed by atoms with Gasteiger partial charge in [0.25, 0.3) is 0 Å². The van der Waals surface area contributed by atoms with Gasteiger partial charge < -0.3 is 9.47 Å². The second-order valence-corrected chi connectivity index (χ2v) is 4.22. The summed E-state index contributed by atoms with van der Waals surface area (Å²) in [5.74, 6) is 0. The maximum Gasteiger partial charge on any atom is 0.0954 e. The monoisotopic (exact) mass is 182 g/mol. The van der Waals surface area contributed by atoms with Crippen molar-refractivity contribution in [2.45, 2.75) is 44.8 Å². The van der Waals surface area contributed by atoms with Crippen molar-refractivity contribution in [2.24, 2.45) is 5.41 Å². The van der Waals surface area contributed by atoms with Crippen LogP contribution in [0.3, 0.4) is 0 Å². The molecule has 0 aromatic carbocycles. The van der Waals surface area contributed by atoms with Crippen molar-refractivity contribution in [1.82, 2.24) is 0 Å². The highest BCUT2D eigenvalue weighted by atomic mass is 16.5. The molecule has 2 nitrogen and oxygen atoms in total. The number of fused-ring (bicyclic) bond motifs is 2. The van der Waals surface area contributed by atoms with Crippen molar-refractivity contribution < 1.29 is 9.47 Å². The number of hydrogen-bond acceptors (Lipinski definition) is 2. The molecule has 3 unspecified atom stereocenters. The molecule has 2 aliphatic rings. The highest BCUT2D eigenvalue weighted by molar-refractivity contribution is 5.00. The first kappa shape index (κ1) is 9.07. The van der Waals surface area contributed by atoms with Gasteiger partial charge in [-0.15, -0.1) is 0 Å². The van der Waals surface area contributed by atoms with Crippen molar-refractivity contribution in [3.63, 3.8) is 0 Å². The van der Waals surface area contributed by atoms with Crippen LogP contribution in [0.1, 0.15) is 32.6 Å². The fraction of sp³-hybridized carbons (Fsp3) is 0.818. The fourth-order valence-electron chi connectivity index (χ4n) is 2.74. The van der Waals surface area contributed by atoms with Crippen LogP contribution in [0.15, 0.2) is 12.8 Å². The molecule has 13 heavy (non-hydrogen) atoms. The third kappa shape index (κ3) is 1.37. The molecular weight excluding hydrogens is 164 g/mol. The molecule has 0 aromatic rings. The molecule has 74 valence electrons. The molecular formula is C11H18O2. The smallest absolute Gasteiger partial charge is 0.0954 e. The maximum absolute atomic E-state index is 5.86. The van der Waals surface area contributed by atoms with Gasteiger partial charge in [0.05, 0.1) is 25.1 Å². The molecule has 2 fully saturated rings. The third-order valence-corrected chi connectivity index (χ3v) is 3.62. The van der Waals surface area contributed by atoms with Gasteiger partial charge in [0.1, 0.15) is 0 Å². The predicted octanol–water partition coefficient (Wildman–Crippen LogP) is 2.49. The number of ether oxygens (including phenoxy) is 2. The fourth-order valence-corrected chi connectivity index (χ4v) is 2.74. The van der Waals surface area contributed by atoms with Crippen LogP contribution < -0.4 is 0 Å². The predicted molar refractivity (Wildman–Crippen MR) is 51.4 cm³/mol. The lowest BCUT2D eigenvalue weighted by atomic mass is 9.73. The average molecular weight is 182 g/mol. The molecule has 2 bridgehead atoms. The van der Waals surface area contributed by atoms with Gasteiger partial charge in [0.15, 0.2) is 0 Å². The molecule has 0 saturated carbocycles. The first-order valence-electron chi connectivity index (χ1n) is 5.19. The molecule has 2 heteroatoms. The Balaban J connectivity index is 2.03. The zero-order chi connectivity index (χ0) is 9.31. The standard InChI is InChI=1S/C11H18O2/c1-3-11(8-12-4-2)7-9-5-6-10(11)13-9/h4,9-10H,2-3,5-8H2,1H3. The van der Waals surface area contributed by atoms with Crippen LogP contribution in [0, 0.1) is 5.41 Å². The zero-order valence-corrected chi connectivity index (χ0v) is 8.29. The lowest BCUT2D eigenvalue weighted by molar-refractivity contribution is 0.0190. The van der Waals surface area contributed by atoms with Gasteiger partial charge in [-0.3, -0.25) is 0 Å². The van der Waals surface area contributed by atoms with E-state index < -0.39 is 0 Å². The largest absolute Gasteiger partial charge is 0.501 e. The van der Waals surface area contributed by atoms with Gasteiger partial charge in [0, 0.05) is 5.41 Å². The van der Waals surface area contributed by atoms with Gasteiger partial charge in [-0.05, 0) is 25.7 Å². The Kier molecular flexibility index (Phi) is 2.33. The number of rotatable bonds is 4. The quantitative estimate of drug-likeness (QED) is 0.622. The van der Waals surface area contributed by atoms with E-state index >= 15 is 0 Å². The van der Waals surface area contributed by atoms with Gasteiger partial charge in [0.2, 0.25) is 0 Å². The van der Waals surface area contributed by atoms with E-state index in [1.807, 2.05) is 0 Å². The van der Waals surface area contributed by atoms with Crippen molar-refractivity contribution in [2.75, 3.05) is 6.61 Å². The molecule has 2 heterocycles. The molecule has 0 spiro atoms. The molecule has 2 rings (SSSR count). The normalized spacial score (nSPS) is 42.2. The Morgan fingerprint density at radius 3 is 2.92 bits per heavy atom. The Hall–Kier alpha value is -0.500. The first-order chi connectivity index (χ1) is 6.30. The summed E-state index contributed by atoms with van der Waals surface area (Å²) in [6.07, 6.45) is 7.31. The summed E-state index contributed by atoms with van der Waals surface area (Å²) in [4.78, 5) is 0. The van der Waals surface area contributed by atoms with E-state index in [1.54, 1.807) is 6.26 Å². The van der Waals surface area contributed by atoms with Crippen molar-refractivity contribution in [1.29, 1.82) is 0 Å². The summed E-state index contributed by atoms with van der Waals surface area (Å²) in [6, 6.07) is 0. The molecule has 0 N–H and O–H groups in total. The second kappa shape index (κ2) is 3.33. The first-order valence-corrected chi connectivity index (χ1v) is 5.19. The summed E-state index contributed by atoms with van der Waals surface area (Å²) in [6.45, 7) is 6.60. The summed E-state index contributed by atoms with van der Waals surface area (Å²) in [7, 11) is 0. The van der Waals surface area contributed by atoms with Gasteiger partial charge in [-0.1, -0.05) is 13.5 Å². The van der Waals surface area contributed by atoms with Crippen LogP contribution in [0.5, 0.6) is 0 Å². The minimum absolute atomic E-state index is 0.289. The highest BCUT2D eigenvalue weighted by Gasteiger charge is 2.51. The van der Waals surface area contributed by atoms with E-state index in [1.165, 1.54) is 19.3 Å². The van der Waals surface area contributed by atoms with Crippen LogP contribution in [0.4, 0.5) is 0 Å². The highest BCUT2D eigenvalue weighted by Crippen LogP contribution is 2.49. The zero-order valence-electron chi connectivity index (χ0n) is 8.29. The van der Waals surface area contributed by atoms with Crippen LogP contribution in [0.25, 0.3) is 0 Å². The Morgan fingerprint density at radius 1 is 1.62 bits per heavy atom. The van der Waals surface area contributed by atoms with Gasteiger partial charge in [-0.2, -0.15) is 0 Å². The summed E-state index contributed by atoms with van der Waals surface area (Å²) in [5.41, 5.74) is 0.289. The molecule has 2 saturated heterocycles. The summed E-state index contributed by atoms with van der Waals surface area (Å²) >= 11 is 0. The van der Waals surface area contributed by atoms with Crippen molar-refractivity contribution in [3.05, 3.63) is 12.8 Å². The molecule has 3 atom stereocenters. The van der Waals surface area contributed by atoms with Crippen molar-refractivity contribution in [3.8, 4) is 0 Å². The minimum Gasteiger partial charge on any atom is -0.501 e. The molecule has 0 radical (unpaired) electrons. The van der Waals surface area contributed by atoms with E-state index in [-0.39, 0.29) is 5.41 Å². The lowest BCUT2D eigenvalue weighted by Gasteiger charge is -2.33. The topological polar surface area (TPSA) is 18.5 Å².